The maximum absolute atomic E-state index is 10.1. The lowest BCUT2D eigenvalue weighted by molar-refractivity contribution is 0.421. The van der Waals surface area contributed by atoms with E-state index in [1.807, 2.05) is 13.1 Å². The van der Waals surface area contributed by atoms with Gasteiger partial charge in [0.2, 0.25) is 0 Å². The molecule has 6 N–H and O–H groups in total. The van der Waals surface area contributed by atoms with Crippen LogP contribution in [0.25, 0.3) is 0 Å². The topological polar surface area (TPSA) is 84.3 Å². The van der Waals surface area contributed by atoms with Crippen molar-refractivity contribution < 1.29 is 4.80 Å². The first-order chi connectivity index (χ1) is 7.06. The van der Waals surface area contributed by atoms with Gasteiger partial charge in [-0.05, 0) is 37.9 Å². The first-order valence-corrected chi connectivity index (χ1v) is 8.70. The number of hydrogen-bond acceptors (Lipinski definition) is 4. The fraction of sp³-hybridized carbons (Fsp3) is 0.818. The van der Waals surface area contributed by atoms with Gasteiger partial charge in [-0.2, -0.15) is 0 Å². The van der Waals surface area contributed by atoms with Crippen molar-refractivity contribution in [2.24, 2.45) is 11.5 Å². The molecule has 0 aliphatic carbocycles. The average Bonchev–Trinajstić information content (AvgIpc) is 2.09. The zero-order valence-electron chi connectivity index (χ0n) is 11.2. The third-order valence-corrected chi connectivity index (χ3v) is 6.96. The van der Waals surface area contributed by atoms with Crippen LogP contribution in [-0.2, 0) is 0 Å². The summed E-state index contributed by atoms with van der Waals surface area (Å²) in [7, 11) is -2.09. The van der Waals surface area contributed by atoms with Gasteiger partial charge in [0.15, 0.2) is 8.32 Å². The zero-order valence-corrected chi connectivity index (χ0v) is 12.2. The standard InChI is InChI=1S/C11H27N3OSi/c1-9(14-8-10(12)13)6-7-11(2,3)16(4,5)15/h8-9,14-15H,6-7,12-13H2,1-5H3/t9-/m1/s1. The normalized spacial score (nSPS) is 14.4. The predicted octanol–water partition coefficient (Wildman–Crippen LogP) is 1.44. The molecule has 0 heterocycles. The van der Waals surface area contributed by atoms with Crippen molar-refractivity contribution in [2.45, 2.75) is 57.8 Å². The van der Waals surface area contributed by atoms with E-state index in [2.05, 4.69) is 26.1 Å². The molecule has 96 valence electrons. The Morgan fingerprint density at radius 3 is 2.31 bits per heavy atom. The molecule has 0 rings (SSSR count). The van der Waals surface area contributed by atoms with E-state index in [4.69, 9.17) is 11.5 Å². The molecule has 0 aromatic carbocycles. The van der Waals surface area contributed by atoms with Crippen LogP contribution in [0.2, 0.25) is 18.1 Å². The summed E-state index contributed by atoms with van der Waals surface area (Å²) in [5.41, 5.74) is 10.7. The lowest BCUT2D eigenvalue weighted by Gasteiger charge is -2.35. The van der Waals surface area contributed by atoms with Crippen LogP contribution >= 0.6 is 0 Å². The number of hydrogen-bond donors (Lipinski definition) is 4. The first-order valence-electron chi connectivity index (χ1n) is 5.76. The van der Waals surface area contributed by atoms with Crippen LogP contribution in [0.3, 0.4) is 0 Å². The molecule has 0 radical (unpaired) electrons. The van der Waals surface area contributed by atoms with Gasteiger partial charge in [-0.25, -0.2) is 0 Å². The molecule has 0 aromatic heterocycles. The van der Waals surface area contributed by atoms with Gasteiger partial charge in [0.25, 0.3) is 0 Å². The van der Waals surface area contributed by atoms with Crippen molar-refractivity contribution in [2.75, 3.05) is 0 Å². The third-order valence-electron chi connectivity index (χ3n) is 3.39. The SMILES string of the molecule is C[C@H](CCC(C)(C)[Si](C)(C)O)NC=C(N)N. The summed E-state index contributed by atoms with van der Waals surface area (Å²) in [6.07, 6.45) is 3.61. The second-order valence-electron chi connectivity index (χ2n) is 5.69. The minimum atomic E-state index is -2.09. The Kier molecular flexibility index (Phi) is 5.35. The van der Waals surface area contributed by atoms with Gasteiger partial charge in [-0.1, -0.05) is 13.8 Å². The highest BCUT2D eigenvalue weighted by atomic mass is 28.4. The highest BCUT2D eigenvalue weighted by Crippen LogP contribution is 2.39. The lowest BCUT2D eigenvalue weighted by Crippen LogP contribution is -2.39. The highest BCUT2D eigenvalue weighted by molar-refractivity contribution is 6.72. The van der Waals surface area contributed by atoms with Crippen LogP contribution in [0.15, 0.2) is 12.0 Å². The van der Waals surface area contributed by atoms with Gasteiger partial charge in [0, 0.05) is 12.2 Å². The van der Waals surface area contributed by atoms with E-state index in [-0.39, 0.29) is 5.04 Å². The molecular weight excluding hydrogens is 218 g/mol. The summed E-state index contributed by atoms with van der Waals surface area (Å²) in [4.78, 5) is 10.1. The smallest absolute Gasteiger partial charge is 0.188 e. The Hall–Kier alpha value is -0.683. The maximum atomic E-state index is 10.1. The molecule has 16 heavy (non-hydrogen) atoms. The van der Waals surface area contributed by atoms with Crippen molar-refractivity contribution >= 4 is 8.32 Å². The van der Waals surface area contributed by atoms with E-state index in [0.29, 0.717) is 11.9 Å². The minimum absolute atomic E-state index is 0.0287. The van der Waals surface area contributed by atoms with Gasteiger partial charge in [0.1, 0.15) is 5.82 Å². The van der Waals surface area contributed by atoms with E-state index in [1.165, 1.54) is 0 Å². The van der Waals surface area contributed by atoms with Crippen LogP contribution < -0.4 is 16.8 Å². The largest absolute Gasteiger partial charge is 0.432 e. The molecule has 0 saturated carbocycles. The Balaban J connectivity index is 4.10. The molecule has 1 atom stereocenters. The zero-order chi connectivity index (χ0) is 13.0. The van der Waals surface area contributed by atoms with Crippen LogP contribution in [0.1, 0.15) is 33.6 Å². The van der Waals surface area contributed by atoms with Gasteiger partial charge >= 0.3 is 0 Å². The van der Waals surface area contributed by atoms with E-state index in [1.54, 1.807) is 6.20 Å². The van der Waals surface area contributed by atoms with Crippen molar-refractivity contribution in [1.29, 1.82) is 0 Å². The average molecular weight is 245 g/mol. The Morgan fingerprint density at radius 2 is 1.94 bits per heavy atom. The minimum Gasteiger partial charge on any atom is -0.432 e. The fourth-order valence-corrected chi connectivity index (χ4v) is 1.96. The molecular formula is C11H27N3OSi. The first kappa shape index (κ1) is 15.3. The fourth-order valence-electron chi connectivity index (χ4n) is 1.21. The van der Waals surface area contributed by atoms with Crippen LogP contribution in [-0.4, -0.2) is 19.2 Å². The highest BCUT2D eigenvalue weighted by Gasteiger charge is 2.37. The maximum Gasteiger partial charge on any atom is 0.188 e. The molecule has 0 unspecified atom stereocenters. The summed E-state index contributed by atoms with van der Waals surface area (Å²) in [5, 5.41) is 3.16. The molecule has 0 amide bonds. The Morgan fingerprint density at radius 1 is 1.44 bits per heavy atom. The summed E-state index contributed by atoms with van der Waals surface area (Å²) >= 11 is 0. The number of rotatable bonds is 6. The molecule has 4 nitrogen and oxygen atoms in total. The Labute approximate surface area is 100 Å². The molecule has 5 heteroatoms. The summed E-state index contributed by atoms with van der Waals surface area (Å²) in [5.74, 6) is 0.294. The van der Waals surface area contributed by atoms with Crippen molar-refractivity contribution in [3.63, 3.8) is 0 Å². The predicted molar refractivity (Wildman–Crippen MR) is 72.0 cm³/mol. The number of nitrogens with two attached hydrogens (primary N) is 2. The molecule has 0 saturated heterocycles. The summed E-state index contributed by atoms with van der Waals surface area (Å²) in [6, 6.07) is 0.317. The van der Waals surface area contributed by atoms with Gasteiger partial charge < -0.3 is 21.6 Å². The van der Waals surface area contributed by atoms with Gasteiger partial charge in [-0.15, -0.1) is 0 Å². The number of nitrogens with one attached hydrogen (secondary N) is 1. The molecule has 0 fully saturated rings. The molecule has 0 aliphatic rings. The summed E-state index contributed by atoms with van der Waals surface area (Å²) < 4.78 is 0. The second kappa shape index (κ2) is 5.59. The van der Waals surface area contributed by atoms with Gasteiger partial charge in [0.05, 0.1) is 0 Å². The van der Waals surface area contributed by atoms with E-state index >= 15 is 0 Å². The second-order valence-corrected chi connectivity index (χ2v) is 10.2. The van der Waals surface area contributed by atoms with Crippen LogP contribution in [0.5, 0.6) is 0 Å². The molecule has 0 aromatic rings. The van der Waals surface area contributed by atoms with Gasteiger partial charge in [-0.3, -0.25) is 0 Å². The van der Waals surface area contributed by atoms with Crippen LogP contribution in [0, 0.1) is 0 Å². The summed E-state index contributed by atoms with van der Waals surface area (Å²) in [6.45, 7) is 10.3. The van der Waals surface area contributed by atoms with E-state index in [9.17, 15) is 4.80 Å². The molecule has 0 spiro atoms. The van der Waals surface area contributed by atoms with E-state index < -0.39 is 8.32 Å². The molecule has 0 bridgehead atoms. The monoisotopic (exact) mass is 245 g/mol. The van der Waals surface area contributed by atoms with Crippen LogP contribution in [0.4, 0.5) is 0 Å². The van der Waals surface area contributed by atoms with E-state index in [0.717, 1.165) is 12.8 Å². The Bertz CT molecular complexity index is 242. The molecule has 0 aliphatic heterocycles. The van der Waals surface area contributed by atoms with Crippen molar-refractivity contribution in [3.8, 4) is 0 Å². The quantitative estimate of drug-likeness (QED) is 0.534. The third kappa shape index (κ3) is 5.41. The van der Waals surface area contributed by atoms with Crippen molar-refractivity contribution in [3.05, 3.63) is 12.0 Å². The van der Waals surface area contributed by atoms with Crippen molar-refractivity contribution in [1.82, 2.24) is 5.32 Å². The lowest BCUT2D eigenvalue weighted by atomic mass is 10.0.